The first-order chi connectivity index (χ1) is 15.3. The average Bonchev–Trinajstić information content (AvgIpc) is 2.77. The third-order valence-corrected chi connectivity index (χ3v) is 7.00. The summed E-state index contributed by atoms with van der Waals surface area (Å²) in [6, 6.07) is 20.9. The Balaban J connectivity index is 1.85. The largest absolute Gasteiger partial charge is 0.496 e. The average molecular weight is 473 g/mol. The molecule has 0 aromatic heterocycles. The molecule has 0 aliphatic rings. The number of sulfonamides is 1. The molecule has 0 heterocycles. The Kier molecular flexibility index (Phi) is 7.90. The minimum Gasteiger partial charge on any atom is -0.496 e. The number of aryl methyl sites for hydroxylation is 1. The highest BCUT2D eigenvalue weighted by Gasteiger charge is 2.27. The van der Waals surface area contributed by atoms with Crippen LogP contribution in [0, 0.1) is 6.92 Å². The number of nitrogens with one attached hydrogen (secondary N) is 1. The predicted octanol–water partition coefficient (Wildman–Crippen LogP) is 4.53. The first kappa shape index (κ1) is 23.8. The van der Waals surface area contributed by atoms with Gasteiger partial charge in [-0.3, -0.25) is 4.79 Å². The molecule has 3 aromatic rings. The SMILES string of the molecule is COc1ccc(S(=O)(=O)N(CCc2ccccc2)CC(=O)Nc2cccc(Cl)c2)cc1C. The van der Waals surface area contributed by atoms with Gasteiger partial charge in [0, 0.05) is 17.3 Å². The van der Waals surface area contributed by atoms with Crippen molar-refractivity contribution in [1.29, 1.82) is 0 Å². The molecule has 168 valence electrons. The van der Waals surface area contributed by atoms with Crippen LogP contribution in [0.2, 0.25) is 5.02 Å². The van der Waals surface area contributed by atoms with E-state index in [-0.39, 0.29) is 18.0 Å². The summed E-state index contributed by atoms with van der Waals surface area (Å²) in [5, 5.41) is 3.19. The van der Waals surface area contributed by atoms with Crippen molar-refractivity contribution < 1.29 is 17.9 Å². The fraction of sp³-hybridized carbons (Fsp3) is 0.208. The second-order valence-electron chi connectivity index (χ2n) is 7.26. The van der Waals surface area contributed by atoms with Crippen LogP contribution >= 0.6 is 11.6 Å². The normalized spacial score (nSPS) is 11.4. The zero-order chi connectivity index (χ0) is 23.1. The second-order valence-corrected chi connectivity index (χ2v) is 9.64. The standard InChI is InChI=1S/C24H25ClN2O4S/c1-18-15-22(11-12-23(18)31-2)32(29,30)27(14-13-19-7-4-3-5-8-19)17-24(28)26-21-10-6-9-20(25)16-21/h3-12,15-16H,13-14,17H2,1-2H3,(H,26,28). The molecule has 0 unspecified atom stereocenters. The zero-order valence-corrected chi connectivity index (χ0v) is 19.5. The number of carbonyl (C=O) groups excluding carboxylic acids is 1. The van der Waals surface area contributed by atoms with Crippen LogP contribution in [0.5, 0.6) is 5.75 Å². The molecular formula is C24H25ClN2O4S. The van der Waals surface area contributed by atoms with Gasteiger partial charge in [0.15, 0.2) is 0 Å². The number of ether oxygens (including phenoxy) is 1. The molecule has 0 aliphatic heterocycles. The molecule has 0 spiro atoms. The van der Waals surface area contributed by atoms with Crippen LogP contribution in [0.25, 0.3) is 0 Å². The Labute approximate surface area is 193 Å². The molecule has 0 saturated heterocycles. The van der Waals surface area contributed by atoms with E-state index in [1.54, 1.807) is 43.3 Å². The quantitative estimate of drug-likeness (QED) is 0.496. The number of nitrogens with zero attached hydrogens (tertiary/aromatic N) is 1. The van der Waals surface area contributed by atoms with E-state index in [4.69, 9.17) is 16.3 Å². The van der Waals surface area contributed by atoms with Gasteiger partial charge in [0.2, 0.25) is 15.9 Å². The number of halogens is 1. The van der Waals surface area contributed by atoms with Crippen molar-refractivity contribution >= 4 is 33.2 Å². The third-order valence-electron chi connectivity index (χ3n) is 4.93. The van der Waals surface area contributed by atoms with E-state index in [1.165, 1.54) is 17.5 Å². The summed E-state index contributed by atoms with van der Waals surface area (Å²) in [5.74, 6) is 0.146. The van der Waals surface area contributed by atoms with Crippen molar-refractivity contribution in [3.8, 4) is 5.75 Å². The van der Waals surface area contributed by atoms with Crippen molar-refractivity contribution in [3.05, 3.63) is 88.9 Å². The van der Waals surface area contributed by atoms with Crippen molar-refractivity contribution in [3.63, 3.8) is 0 Å². The van der Waals surface area contributed by atoms with E-state index in [0.717, 1.165) is 5.56 Å². The molecule has 0 radical (unpaired) electrons. The molecule has 0 fully saturated rings. The van der Waals surface area contributed by atoms with Crippen LogP contribution in [0.15, 0.2) is 77.7 Å². The molecule has 3 aromatic carbocycles. The maximum Gasteiger partial charge on any atom is 0.243 e. The lowest BCUT2D eigenvalue weighted by Crippen LogP contribution is -2.39. The third kappa shape index (κ3) is 6.09. The van der Waals surface area contributed by atoms with Gasteiger partial charge in [-0.05, 0) is 60.9 Å². The number of benzene rings is 3. The van der Waals surface area contributed by atoms with E-state index in [1.807, 2.05) is 30.3 Å². The summed E-state index contributed by atoms with van der Waals surface area (Å²) >= 11 is 5.98. The lowest BCUT2D eigenvalue weighted by Gasteiger charge is -2.22. The summed E-state index contributed by atoms with van der Waals surface area (Å²) in [6.07, 6.45) is 0.472. The minimum absolute atomic E-state index is 0.111. The molecule has 0 aliphatic carbocycles. The summed E-state index contributed by atoms with van der Waals surface area (Å²) in [7, 11) is -2.39. The topological polar surface area (TPSA) is 75.7 Å². The van der Waals surface area contributed by atoms with Gasteiger partial charge >= 0.3 is 0 Å². The first-order valence-corrected chi connectivity index (χ1v) is 11.9. The van der Waals surface area contributed by atoms with Gasteiger partial charge in [0.05, 0.1) is 18.6 Å². The van der Waals surface area contributed by atoms with Crippen LogP contribution in [0.1, 0.15) is 11.1 Å². The number of carbonyl (C=O) groups is 1. The van der Waals surface area contributed by atoms with Crippen LogP contribution in [-0.2, 0) is 21.2 Å². The van der Waals surface area contributed by atoms with Gasteiger partial charge in [-0.25, -0.2) is 8.42 Å². The van der Waals surface area contributed by atoms with E-state index < -0.39 is 15.9 Å². The summed E-state index contributed by atoms with van der Waals surface area (Å²) in [4.78, 5) is 12.8. The molecule has 1 amide bonds. The fourth-order valence-electron chi connectivity index (χ4n) is 3.27. The monoisotopic (exact) mass is 472 g/mol. The highest BCUT2D eigenvalue weighted by atomic mass is 35.5. The van der Waals surface area contributed by atoms with E-state index in [2.05, 4.69) is 5.32 Å². The minimum atomic E-state index is -3.92. The molecular weight excluding hydrogens is 448 g/mol. The highest BCUT2D eigenvalue weighted by Crippen LogP contribution is 2.24. The van der Waals surface area contributed by atoms with Gasteiger partial charge in [0.25, 0.3) is 0 Å². The van der Waals surface area contributed by atoms with Crippen molar-refractivity contribution in [2.24, 2.45) is 0 Å². The molecule has 3 rings (SSSR count). The second kappa shape index (κ2) is 10.6. The summed E-state index contributed by atoms with van der Waals surface area (Å²) in [5.41, 5.74) is 2.18. The van der Waals surface area contributed by atoms with Gasteiger partial charge < -0.3 is 10.1 Å². The van der Waals surface area contributed by atoms with Crippen LogP contribution < -0.4 is 10.1 Å². The van der Waals surface area contributed by atoms with Crippen molar-refractivity contribution in [2.45, 2.75) is 18.2 Å². The van der Waals surface area contributed by atoms with Crippen LogP contribution in [0.3, 0.4) is 0 Å². The lowest BCUT2D eigenvalue weighted by molar-refractivity contribution is -0.116. The van der Waals surface area contributed by atoms with E-state index >= 15 is 0 Å². The molecule has 6 nitrogen and oxygen atoms in total. The maximum absolute atomic E-state index is 13.4. The number of anilines is 1. The Morgan fingerprint density at radius 3 is 2.44 bits per heavy atom. The van der Waals surface area contributed by atoms with Gasteiger partial charge in [-0.1, -0.05) is 48.0 Å². The van der Waals surface area contributed by atoms with Gasteiger partial charge in [-0.15, -0.1) is 0 Å². The van der Waals surface area contributed by atoms with Crippen molar-refractivity contribution in [2.75, 3.05) is 25.5 Å². The van der Waals surface area contributed by atoms with E-state index in [0.29, 0.717) is 28.4 Å². The maximum atomic E-state index is 13.4. The van der Waals surface area contributed by atoms with Gasteiger partial charge in [0.1, 0.15) is 5.75 Å². The molecule has 0 bridgehead atoms. The first-order valence-electron chi connectivity index (χ1n) is 10.0. The predicted molar refractivity (Wildman–Crippen MR) is 127 cm³/mol. The summed E-state index contributed by atoms with van der Waals surface area (Å²) < 4.78 is 33.3. The highest BCUT2D eigenvalue weighted by molar-refractivity contribution is 7.89. The van der Waals surface area contributed by atoms with Crippen molar-refractivity contribution in [1.82, 2.24) is 4.31 Å². The molecule has 32 heavy (non-hydrogen) atoms. The Hall–Kier alpha value is -2.87. The van der Waals surface area contributed by atoms with Crippen LogP contribution in [-0.4, -0.2) is 38.8 Å². The van der Waals surface area contributed by atoms with Gasteiger partial charge in [-0.2, -0.15) is 4.31 Å². The number of amides is 1. The lowest BCUT2D eigenvalue weighted by atomic mass is 10.1. The molecule has 1 N–H and O–H groups in total. The zero-order valence-electron chi connectivity index (χ0n) is 17.9. The van der Waals surface area contributed by atoms with Crippen LogP contribution in [0.4, 0.5) is 5.69 Å². The number of methoxy groups -OCH3 is 1. The smallest absolute Gasteiger partial charge is 0.243 e. The number of rotatable bonds is 9. The van der Waals surface area contributed by atoms with E-state index in [9.17, 15) is 13.2 Å². The Morgan fingerprint density at radius 1 is 1.03 bits per heavy atom. The molecule has 0 saturated carbocycles. The fourth-order valence-corrected chi connectivity index (χ4v) is 4.94. The summed E-state index contributed by atoms with van der Waals surface area (Å²) in [6.45, 7) is 1.60. The molecule has 8 heteroatoms. The number of hydrogen-bond acceptors (Lipinski definition) is 4. The molecule has 0 atom stereocenters. The Morgan fingerprint density at radius 2 is 1.78 bits per heavy atom. The Bertz CT molecular complexity index is 1180. The number of hydrogen-bond donors (Lipinski definition) is 1.